The van der Waals surface area contributed by atoms with Gasteiger partial charge in [-0.3, -0.25) is 4.98 Å². The summed E-state index contributed by atoms with van der Waals surface area (Å²) in [6.45, 7) is 9.42. The Kier molecular flexibility index (Phi) is 7.08. The van der Waals surface area contributed by atoms with Crippen LogP contribution in [0.4, 0.5) is 16.2 Å². The van der Waals surface area contributed by atoms with Gasteiger partial charge >= 0.3 is 0 Å². The summed E-state index contributed by atoms with van der Waals surface area (Å²) in [4.78, 5) is 18.7. The molecule has 0 unspecified atom stereocenters. The molecule has 2 saturated carbocycles. The number of aliphatic hydroxyl groups excluding tert-OH is 2. The van der Waals surface area contributed by atoms with Crippen LogP contribution in [0.2, 0.25) is 0 Å². The molecule has 0 saturated heterocycles. The minimum absolute atomic E-state index is 0.221. The van der Waals surface area contributed by atoms with E-state index >= 15 is 0 Å². The number of fused-ring (bicyclic) bond motifs is 1. The molecule has 5 rings (SSSR count). The van der Waals surface area contributed by atoms with Crippen molar-refractivity contribution in [2.75, 3.05) is 17.2 Å². The number of hydrogen-bond donors (Lipinski definition) is 5. The highest BCUT2D eigenvalue weighted by molar-refractivity contribution is 7.21. The second-order valence-electron chi connectivity index (χ2n) is 11.9. The van der Waals surface area contributed by atoms with Crippen LogP contribution in [0, 0.1) is 25.7 Å². The predicted molar refractivity (Wildman–Crippen MR) is 147 cm³/mol. The van der Waals surface area contributed by atoms with Crippen molar-refractivity contribution in [3.63, 3.8) is 0 Å². The molecular formula is C27H37FN6O3S. The summed E-state index contributed by atoms with van der Waals surface area (Å²) in [6, 6.07) is 1.45. The number of alkyl halides is 1. The fourth-order valence-electron chi connectivity index (χ4n) is 5.91. The van der Waals surface area contributed by atoms with Gasteiger partial charge < -0.3 is 26.0 Å². The van der Waals surface area contributed by atoms with E-state index in [0.29, 0.717) is 49.7 Å². The lowest BCUT2D eigenvalue weighted by molar-refractivity contribution is -0.0132. The van der Waals surface area contributed by atoms with Crippen molar-refractivity contribution in [2.24, 2.45) is 11.8 Å². The third-order valence-corrected chi connectivity index (χ3v) is 8.70. The van der Waals surface area contributed by atoms with E-state index in [1.54, 1.807) is 27.0 Å². The lowest BCUT2D eigenvalue weighted by Crippen LogP contribution is -2.40. The fourth-order valence-corrected chi connectivity index (χ4v) is 7.02. The summed E-state index contributed by atoms with van der Waals surface area (Å²) in [5.74, 6) is 0.880. The largest absolute Gasteiger partial charge is 0.390 e. The Hall–Kier alpha value is -2.47. The summed E-state index contributed by atoms with van der Waals surface area (Å²) in [5, 5.41) is 39.3. The van der Waals surface area contributed by atoms with Crippen LogP contribution in [-0.2, 0) is 0 Å². The number of aliphatic hydroxyl groups is 3. The van der Waals surface area contributed by atoms with E-state index in [1.165, 1.54) is 11.3 Å². The highest BCUT2D eigenvalue weighted by Crippen LogP contribution is 2.42. The second kappa shape index (κ2) is 9.93. The smallest absolute Gasteiger partial charge is 0.224 e. The third-order valence-electron chi connectivity index (χ3n) is 7.66. The Labute approximate surface area is 226 Å². The van der Waals surface area contributed by atoms with Gasteiger partial charge in [0.2, 0.25) is 5.95 Å². The monoisotopic (exact) mass is 544 g/mol. The van der Waals surface area contributed by atoms with Gasteiger partial charge in [-0.2, -0.15) is 4.98 Å². The minimum Gasteiger partial charge on any atom is -0.390 e. The van der Waals surface area contributed by atoms with Crippen molar-refractivity contribution in [1.82, 2.24) is 19.9 Å². The average molecular weight is 545 g/mol. The Balaban J connectivity index is 1.47. The number of rotatable bonds is 8. The molecule has 0 radical (unpaired) electrons. The van der Waals surface area contributed by atoms with Crippen molar-refractivity contribution < 1.29 is 19.7 Å². The Morgan fingerprint density at radius 1 is 1.13 bits per heavy atom. The molecule has 4 atom stereocenters. The van der Waals surface area contributed by atoms with E-state index in [4.69, 9.17) is 15.0 Å². The predicted octanol–water partition coefficient (Wildman–Crippen LogP) is 4.00. The van der Waals surface area contributed by atoms with E-state index in [2.05, 4.69) is 15.6 Å². The van der Waals surface area contributed by atoms with E-state index < -0.39 is 29.5 Å². The fraction of sp³-hybridized carbons (Fsp3) is 0.630. The number of hydrogen-bond acceptors (Lipinski definition) is 10. The molecule has 3 heterocycles. The van der Waals surface area contributed by atoms with Gasteiger partial charge in [0.1, 0.15) is 28.1 Å². The van der Waals surface area contributed by atoms with Gasteiger partial charge in [-0.25, -0.2) is 14.4 Å². The third kappa shape index (κ3) is 5.61. The van der Waals surface area contributed by atoms with E-state index in [-0.39, 0.29) is 11.8 Å². The van der Waals surface area contributed by atoms with Crippen LogP contribution >= 0.6 is 11.3 Å². The number of pyridine rings is 1. The van der Waals surface area contributed by atoms with Gasteiger partial charge in [-0.05, 0) is 78.2 Å². The zero-order valence-electron chi connectivity index (χ0n) is 22.5. The molecule has 2 aliphatic carbocycles. The second-order valence-corrected chi connectivity index (χ2v) is 13.0. The van der Waals surface area contributed by atoms with E-state index in [1.807, 2.05) is 19.9 Å². The maximum absolute atomic E-state index is 14.0. The molecule has 206 valence electrons. The number of aryl methyl sites for hydroxylation is 2. The maximum atomic E-state index is 14.0. The van der Waals surface area contributed by atoms with Crippen LogP contribution in [0.3, 0.4) is 0 Å². The van der Waals surface area contributed by atoms with Gasteiger partial charge in [-0.15, -0.1) is 11.3 Å². The number of halogens is 1. The van der Waals surface area contributed by atoms with E-state index in [0.717, 1.165) is 26.5 Å². The van der Waals surface area contributed by atoms with E-state index in [9.17, 15) is 19.7 Å². The maximum Gasteiger partial charge on any atom is 0.224 e. The molecule has 3 aromatic rings. The molecule has 38 heavy (non-hydrogen) atoms. The zero-order chi connectivity index (χ0) is 27.4. The van der Waals surface area contributed by atoms with Crippen LogP contribution in [0.5, 0.6) is 0 Å². The molecule has 3 aromatic heterocycles. The van der Waals surface area contributed by atoms with Gasteiger partial charge in [0, 0.05) is 12.7 Å². The molecule has 0 amide bonds. The summed E-state index contributed by atoms with van der Waals surface area (Å²) < 4.78 is 15.0. The average Bonchev–Trinajstić information content (AvgIpc) is 3.33. The van der Waals surface area contributed by atoms with Gasteiger partial charge in [0.05, 0.1) is 39.4 Å². The molecule has 5 N–H and O–H groups in total. The molecule has 11 heteroatoms. The van der Waals surface area contributed by atoms with Crippen LogP contribution < -0.4 is 10.6 Å². The topological polar surface area (TPSA) is 136 Å². The van der Waals surface area contributed by atoms with Crippen molar-refractivity contribution in [2.45, 2.75) is 89.8 Å². The summed E-state index contributed by atoms with van der Waals surface area (Å²) in [5.41, 5.74) is 1.03. The molecule has 2 aliphatic rings. The summed E-state index contributed by atoms with van der Waals surface area (Å²) in [6.07, 6.45) is 1.62. The standard InChI is InChI=1S/C27H37FN6O3S/c1-13-19(24-33-20-14(2)29-7-6-18(20)38-24)23(34-25(31-13)30-12-15-9-27(5,28)10-15)32-17-8-16(11-26(3,4)37)21(35)22(17)36/h6-7,15-17,21-22,35-37H,8-12H2,1-5H3,(H2,30,31,32,34)/t15?,16-,17-,21-,22+,27?/m1/s1. The first-order chi connectivity index (χ1) is 17.8. The lowest BCUT2D eigenvalue weighted by atomic mass is 9.73. The quantitative estimate of drug-likeness (QED) is 0.285. The first-order valence-corrected chi connectivity index (χ1v) is 14.0. The first kappa shape index (κ1) is 27.1. The first-order valence-electron chi connectivity index (χ1n) is 13.2. The highest BCUT2D eigenvalue weighted by Gasteiger charge is 2.44. The van der Waals surface area contributed by atoms with Crippen LogP contribution in [0.1, 0.15) is 57.8 Å². The Morgan fingerprint density at radius 2 is 1.87 bits per heavy atom. The number of nitrogens with one attached hydrogen (secondary N) is 2. The van der Waals surface area contributed by atoms with Crippen LogP contribution in [0.15, 0.2) is 12.3 Å². The number of anilines is 2. The van der Waals surface area contributed by atoms with Crippen molar-refractivity contribution in [3.8, 4) is 10.6 Å². The van der Waals surface area contributed by atoms with Gasteiger partial charge in [0.25, 0.3) is 0 Å². The molecule has 0 aliphatic heterocycles. The number of aromatic nitrogens is 4. The SMILES string of the molecule is Cc1nc(NCC2CC(C)(F)C2)nc(N[C@@H]2C[C@H](CC(C)(C)O)[C@@H](O)[C@H]2O)c1-c1nc2c(C)nccc2s1. The molecule has 0 bridgehead atoms. The zero-order valence-corrected chi connectivity index (χ0v) is 23.3. The molecule has 0 aromatic carbocycles. The summed E-state index contributed by atoms with van der Waals surface area (Å²) in [7, 11) is 0. The highest BCUT2D eigenvalue weighted by atomic mass is 32.1. The van der Waals surface area contributed by atoms with Crippen molar-refractivity contribution in [1.29, 1.82) is 0 Å². The number of thiazole rings is 1. The summed E-state index contributed by atoms with van der Waals surface area (Å²) >= 11 is 1.52. The molecule has 9 nitrogen and oxygen atoms in total. The Bertz CT molecular complexity index is 1320. The van der Waals surface area contributed by atoms with Gasteiger partial charge in [0.15, 0.2) is 0 Å². The van der Waals surface area contributed by atoms with Gasteiger partial charge in [-0.1, -0.05) is 0 Å². The van der Waals surface area contributed by atoms with Crippen molar-refractivity contribution in [3.05, 3.63) is 23.7 Å². The number of nitrogens with zero attached hydrogens (tertiary/aromatic N) is 4. The minimum atomic E-state index is -1.10. The normalized spacial score (nSPS) is 29.4. The molecular weight excluding hydrogens is 507 g/mol. The van der Waals surface area contributed by atoms with Crippen molar-refractivity contribution >= 4 is 33.3 Å². The van der Waals surface area contributed by atoms with Crippen LogP contribution in [-0.4, -0.2) is 71.3 Å². The van der Waals surface area contributed by atoms with Crippen LogP contribution in [0.25, 0.3) is 20.8 Å². The molecule has 0 spiro atoms. The molecule has 2 fully saturated rings. The lowest BCUT2D eigenvalue weighted by Gasteiger charge is -2.38. The Morgan fingerprint density at radius 3 is 2.53 bits per heavy atom.